The summed E-state index contributed by atoms with van der Waals surface area (Å²) >= 11 is 1.78. The number of ether oxygens (including phenoxy) is 1. The molecule has 84 valence electrons. The largest absolute Gasteiger partial charge is 0.378 e. The van der Waals surface area contributed by atoms with E-state index in [0.29, 0.717) is 0 Å². The molecule has 1 fully saturated rings. The van der Waals surface area contributed by atoms with Crippen LogP contribution < -0.4 is 4.90 Å². The van der Waals surface area contributed by atoms with E-state index >= 15 is 0 Å². The van der Waals surface area contributed by atoms with Crippen LogP contribution in [0.25, 0.3) is 10.2 Å². The molecule has 1 aliphatic rings. The van der Waals surface area contributed by atoms with E-state index in [9.17, 15) is 0 Å². The van der Waals surface area contributed by atoms with Gasteiger partial charge in [-0.2, -0.15) is 0 Å². The third-order valence-electron chi connectivity index (χ3n) is 2.80. The van der Waals surface area contributed by atoms with Gasteiger partial charge in [0.1, 0.15) is 6.33 Å². The van der Waals surface area contributed by atoms with E-state index in [4.69, 9.17) is 4.74 Å². The van der Waals surface area contributed by atoms with Gasteiger partial charge < -0.3 is 9.64 Å². The molecule has 0 radical (unpaired) electrons. The van der Waals surface area contributed by atoms with Gasteiger partial charge >= 0.3 is 0 Å². The average Bonchev–Trinajstić information content (AvgIpc) is 2.76. The Balaban J connectivity index is 2.01. The van der Waals surface area contributed by atoms with E-state index in [0.717, 1.165) is 37.5 Å². The first-order valence-electron chi connectivity index (χ1n) is 5.38. The minimum Gasteiger partial charge on any atom is -0.378 e. The highest BCUT2D eigenvalue weighted by Crippen LogP contribution is 2.32. The lowest BCUT2D eigenvalue weighted by molar-refractivity contribution is 0.123. The van der Waals surface area contributed by atoms with Gasteiger partial charge in [0.15, 0.2) is 0 Å². The van der Waals surface area contributed by atoms with Crippen LogP contribution in [0.1, 0.15) is 5.69 Å². The van der Waals surface area contributed by atoms with Crippen LogP contribution in [0.4, 0.5) is 5.00 Å². The van der Waals surface area contributed by atoms with Crippen LogP contribution in [0.2, 0.25) is 0 Å². The molecule has 1 saturated heterocycles. The Hall–Kier alpha value is -1.20. The first-order valence-corrected chi connectivity index (χ1v) is 6.20. The Morgan fingerprint density at radius 3 is 2.88 bits per heavy atom. The summed E-state index contributed by atoms with van der Waals surface area (Å²) in [5, 5.41) is 1.28. The van der Waals surface area contributed by atoms with Gasteiger partial charge in [-0.3, -0.25) is 0 Å². The number of nitrogens with zero attached hydrogens (tertiary/aromatic N) is 3. The number of hydrogen-bond acceptors (Lipinski definition) is 5. The zero-order valence-electron chi connectivity index (χ0n) is 9.14. The molecular weight excluding hydrogens is 222 g/mol. The number of thiophene rings is 1. The van der Waals surface area contributed by atoms with Gasteiger partial charge in [-0.05, 0) is 13.0 Å². The van der Waals surface area contributed by atoms with Crippen molar-refractivity contribution in [2.24, 2.45) is 0 Å². The molecule has 0 bridgehead atoms. The Bertz CT molecular complexity index is 505. The monoisotopic (exact) mass is 235 g/mol. The van der Waals surface area contributed by atoms with Crippen molar-refractivity contribution in [1.29, 1.82) is 0 Å². The summed E-state index contributed by atoms with van der Waals surface area (Å²) in [6.45, 7) is 5.61. The van der Waals surface area contributed by atoms with Gasteiger partial charge in [-0.25, -0.2) is 9.97 Å². The van der Waals surface area contributed by atoms with Crippen LogP contribution >= 0.6 is 11.3 Å². The summed E-state index contributed by atoms with van der Waals surface area (Å²) in [5.74, 6) is 0. The number of fused-ring (bicyclic) bond motifs is 1. The van der Waals surface area contributed by atoms with Crippen LogP contribution in [0, 0.1) is 6.92 Å². The molecule has 2 aromatic heterocycles. The fourth-order valence-corrected chi connectivity index (χ4v) is 3.01. The van der Waals surface area contributed by atoms with E-state index in [1.165, 1.54) is 9.70 Å². The third kappa shape index (κ3) is 1.66. The van der Waals surface area contributed by atoms with Crippen LogP contribution in [-0.2, 0) is 4.74 Å². The molecule has 1 aliphatic heterocycles. The second-order valence-corrected chi connectivity index (χ2v) is 4.89. The normalized spacial score (nSPS) is 16.9. The summed E-state index contributed by atoms with van der Waals surface area (Å²) in [5.41, 5.74) is 2.12. The predicted molar refractivity (Wildman–Crippen MR) is 65.2 cm³/mol. The first-order chi connectivity index (χ1) is 7.84. The highest BCUT2D eigenvalue weighted by Gasteiger charge is 2.15. The van der Waals surface area contributed by atoms with Crippen LogP contribution in [0.15, 0.2) is 12.4 Å². The fourth-order valence-electron chi connectivity index (χ4n) is 1.90. The average molecular weight is 235 g/mol. The second-order valence-electron chi connectivity index (χ2n) is 3.86. The lowest BCUT2D eigenvalue weighted by Crippen LogP contribution is -2.35. The van der Waals surface area contributed by atoms with Crippen LogP contribution in [0.3, 0.4) is 0 Å². The zero-order chi connectivity index (χ0) is 11.0. The number of aryl methyl sites for hydroxylation is 1. The molecule has 0 aromatic carbocycles. The van der Waals surface area contributed by atoms with Crippen molar-refractivity contribution in [3.8, 4) is 0 Å². The highest BCUT2D eigenvalue weighted by molar-refractivity contribution is 7.22. The van der Waals surface area contributed by atoms with Crippen molar-refractivity contribution >= 4 is 26.6 Å². The maximum absolute atomic E-state index is 5.35. The first kappa shape index (κ1) is 9.99. The molecule has 3 heterocycles. The molecule has 0 unspecified atom stereocenters. The summed E-state index contributed by atoms with van der Waals surface area (Å²) < 4.78 is 6.55. The molecule has 0 saturated carbocycles. The molecule has 0 aliphatic carbocycles. The molecule has 3 rings (SSSR count). The summed E-state index contributed by atoms with van der Waals surface area (Å²) in [6, 6.07) is 2.15. The molecule has 0 atom stereocenters. The van der Waals surface area contributed by atoms with Gasteiger partial charge in [-0.1, -0.05) is 0 Å². The van der Waals surface area contributed by atoms with E-state index in [2.05, 4.69) is 20.9 Å². The smallest absolute Gasteiger partial charge is 0.116 e. The van der Waals surface area contributed by atoms with Gasteiger partial charge in [0.2, 0.25) is 0 Å². The lowest BCUT2D eigenvalue weighted by atomic mass is 10.3. The third-order valence-corrected chi connectivity index (χ3v) is 4.09. The van der Waals surface area contributed by atoms with E-state index < -0.39 is 0 Å². The summed E-state index contributed by atoms with van der Waals surface area (Å²) in [4.78, 5) is 10.9. The molecule has 2 aromatic rings. The van der Waals surface area contributed by atoms with Crippen molar-refractivity contribution < 1.29 is 4.74 Å². The minimum atomic E-state index is 0.818. The standard InChI is InChI=1S/C11H13N3OS/c1-8-11-9(13-7-12-8)6-10(16-11)14-2-4-15-5-3-14/h6-7H,2-5H2,1H3. The topological polar surface area (TPSA) is 38.2 Å². The Labute approximate surface area is 97.9 Å². The molecule has 0 spiro atoms. The maximum atomic E-state index is 5.35. The number of hydrogen-bond donors (Lipinski definition) is 0. The fraction of sp³-hybridized carbons (Fsp3) is 0.455. The molecule has 4 nitrogen and oxygen atoms in total. The Morgan fingerprint density at radius 2 is 2.12 bits per heavy atom. The van der Waals surface area contributed by atoms with Crippen LogP contribution in [0.5, 0.6) is 0 Å². The number of morpholine rings is 1. The van der Waals surface area contributed by atoms with Crippen molar-refractivity contribution in [3.63, 3.8) is 0 Å². The SMILES string of the molecule is Cc1ncnc2cc(N3CCOCC3)sc12. The molecule has 5 heteroatoms. The maximum Gasteiger partial charge on any atom is 0.116 e. The van der Waals surface area contributed by atoms with Gasteiger partial charge in [0.05, 0.1) is 34.1 Å². The predicted octanol–water partition coefficient (Wildman–Crippen LogP) is 1.84. The lowest BCUT2D eigenvalue weighted by Gasteiger charge is -2.27. The van der Waals surface area contributed by atoms with Crippen molar-refractivity contribution in [3.05, 3.63) is 18.1 Å². The van der Waals surface area contributed by atoms with E-state index in [1.54, 1.807) is 17.7 Å². The van der Waals surface area contributed by atoms with Crippen molar-refractivity contribution in [2.75, 3.05) is 31.2 Å². The number of aromatic nitrogens is 2. The Kier molecular flexibility index (Phi) is 2.49. The van der Waals surface area contributed by atoms with Crippen molar-refractivity contribution in [1.82, 2.24) is 9.97 Å². The number of anilines is 1. The van der Waals surface area contributed by atoms with Gasteiger partial charge in [0, 0.05) is 13.1 Å². The van der Waals surface area contributed by atoms with Gasteiger partial charge in [-0.15, -0.1) is 11.3 Å². The second kappa shape index (κ2) is 3.99. The minimum absolute atomic E-state index is 0.818. The summed E-state index contributed by atoms with van der Waals surface area (Å²) in [6.07, 6.45) is 1.63. The van der Waals surface area contributed by atoms with E-state index in [-0.39, 0.29) is 0 Å². The molecule has 0 N–H and O–H groups in total. The molecule has 16 heavy (non-hydrogen) atoms. The highest BCUT2D eigenvalue weighted by atomic mass is 32.1. The molecular formula is C11H13N3OS. The Morgan fingerprint density at radius 1 is 1.31 bits per heavy atom. The quantitative estimate of drug-likeness (QED) is 0.756. The molecule has 0 amide bonds. The van der Waals surface area contributed by atoms with E-state index in [1.807, 2.05) is 6.92 Å². The number of rotatable bonds is 1. The summed E-state index contributed by atoms with van der Waals surface area (Å²) in [7, 11) is 0. The zero-order valence-corrected chi connectivity index (χ0v) is 9.96. The van der Waals surface area contributed by atoms with Crippen molar-refractivity contribution in [2.45, 2.75) is 6.92 Å². The van der Waals surface area contributed by atoms with Crippen LogP contribution in [-0.4, -0.2) is 36.3 Å². The van der Waals surface area contributed by atoms with Gasteiger partial charge in [0.25, 0.3) is 0 Å².